The molecule has 1 aliphatic rings. The number of aliphatic carboxylic acids is 1. The van der Waals surface area contributed by atoms with Gasteiger partial charge in [-0.15, -0.1) is 0 Å². The highest BCUT2D eigenvalue weighted by atomic mass is 19.1. The maximum Gasteiger partial charge on any atom is 0.326 e. The second kappa shape index (κ2) is 8.57. The van der Waals surface area contributed by atoms with E-state index in [4.69, 9.17) is 0 Å². The molecule has 0 radical (unpaired) electrons. The van der Waals surface area contributed by atoms with Crippen LogP contribution < -0.4 is 5.32 Å². The largest absolute Gasteiger partial charge is 0.480 e. The van der Waals surface area contributed by atoms with Crippen LogP contribution in [0.25, 0.3) is 0 Å². The molecular formula is C18H21F2NO3. The highest BCUT2D eigenvalue weighted by molar-refractivity contribution is 5.91. The quantitative estimate of drug-likeness (QED) is 0.783. The molecule has 24 heavy (non-hydrogen) atoms. The molecule has 1 atom stereocenters. The van der Waals surface area contributed by atoms with Crippen LogP contribution in [0.15, 0.2) is 30.4 Å². The molecule has 1 unspecified atom stereocenters. The van der Waals surface area contributed by atoms with E-state index in [1.165, 1.54) is 12.5 Å². The topological polar surface area (TPSA) is 66.4 Å². The molecular weight excluding hydrogens is 316 g/mol. The number of rotatable bonds is 6. The number of hydrogen-bond donors (Lipinski definition) is 2. The Hall–Kier alpha value is -2.24. The molecule has 0 bridgehead atoms. The molecule has 130 valence electrons. The van der Waals surface area contributed by atoms with E-state index in [9.17, 15) is 23.5 Å². The van der Waals surface area contributed by atoms with Crippen LogP contribution in [-0.4, -0.2) is 23.0 Å². The molecule has 2 rings (SSSR count). The zero-order valence-corrected chi connectivity index (χ0v) is 13.3. The molecule has 1 saturated carbocycles. The second-order valence-electron chi connectivity index (χ2n) is 6.14. The Morgan fingerprint density at radius 2 is 1.79 bits per heavy atom. The van der Waals surface area contributed by atoms with Gasteiger partial charge in [0, 0.05) is 12.5 Å². The van der Waals surface area contributed by atoms with E-state index < -0.39 is 29.6 Å². The lowest BCUT2D eigenvalue weighted by molar-refractivity contribution is -0.141. The Morgan fingerprint density at radius 1 is 1.17 bits per heavy atom. The highest BCUT2D eigenvalue weighted by Crippen LogP contribution is 2.24. The summed E-state index contributed by atoms with van der Waals surface area (Å²) in [4.78, 5) is 23.2. The van der Waals surface area contributed by atoms with Crippen LogP contribution in [0.1, 0.15) is 37.7 Å². The molecule has 0 saturated heterocycles. The number of carboxylic acids is 1. The van der Waals surface area contributed by atoms with Crippen molar-refractivity contribution in [2.45, 2.75) is 44.6 Å². The lowest BCUT2D eigenvalue weighted by Crippen LogP contribution is -2.41. The molecule has 1 aromatic rings. The summed E-state index contributed by atoms with van der Waals surface area (Å²) in [5.74, 6) is -2.97. The van der Waals surface area contributed by atoms with E-state index in [1.54, 1.807) is 0 Å². The van der Waals surface area contributed by atoms with Gasteiger partial charge in [0.05, 0.1) is 0 Å². The molecule has 0 spiro atoms. The lowest BCUT2D eigenvalue weighted by Gasteiger charge is -2.18. The SMILES string of the molecule is O=C(/C=C/C1CCCCC1)NC(Cc1cc(F)cc(F)c1)C(=O)O. The molecule has 0 heterocycles. The van der Waals surface area contributed by atoms with Crippen molar-refractivity contribution in [2.24, 2.45) is 5.92 Å². The van der Waals surface area contributed by atoms with Crippen molar-refractivity contribution in [1.82, 2.24) is 5.32 Å². The average Bonchev–Trinajstić information content (AvgIpc) is 2.52. The highest BCUT2D eigenvalue weighted by Gasteiger charge is 2.20. The zero-order valence-electron chi connectivity index (χ0n) is 13.3. The van der Waals surface area contributed by atoms with Crippen LogP contribution in [0.4, 0.5) is 8.78 Å². The number of carboxylic acid groups (broad SMARTS) is 1. The number of carbonyl (C=O) groups is 2. The van der Waals surface area contributed by atoms with Crippen LogP contribution in [-0.2, 0) is 16.0 Å². The molecule has 2 N–H and O–H groups in total. The third kappa shape index (κ3) is 5.76. The maximum absolute atomic E-state index is 13.2. The van der Waals surface area contributed by atoms with E-state index in [0.29, 0.717) is 12.0 Å². The van der Waals surface area contributed by atoms with Crippen molar-refractivity contribution in [3.05, 3.63) is 47.5 Å². The van der Waals surface area contributed by atoms with Crippen LogP contribution >= 0.6 is 0 Å². The van der Waals surface area contributed by atoms with Gasteiger partial charge in [0.15, 0.2) is 0 Å². The number of hydrogen-bond acceptors (Lipinski definition) is 2. The summed E-state index contributed by atoms with van der Waals surface area (Å²) in [5, 5.41) is 11.6. The third-order valence-corrected chi connectivity index (χ3v) is 4.15. The average molecular weight is 337 g/mol. The van der Waals surface area contributed by atoms with E-state index in [-0.39, 0.29) is 12.0 Å². The van der Waals surface area contributed by atoms with E-state index in [0.717, 1.165) is 37.8 Å². The lowest BCUT2D eigenvalue weighted by atomic mass is 9.89. The smallest absolute Gasteiger partial charge is 0.326 e. The van der Waals surface area contributed by atoms with Gasteiger partial charge in [-0.25, -0.2) is 13.6 Å². The molecule has 0 aromatic heterocycles. The predicted octanol–water partition coefficient (Wildman–Crippen LogP) is 3.21. The van der Waals surface area contributed by atoms with Crippen LogP contribution in [0.5, 0.6) is 0 Å². The van der Waals surface area contributed by atoms with Gasteiger partial charge in [-0.05, 0) is 42.5 Å². The van der Waals surface area contributed by atoms with Crippen LogP contribution in [0.3, 0.4) is 0 Å². The maximum atomic E-state index is 13.2. The van der Waals surface area contributed by atoms with Crippen molar-refractivity contribution in [3.8, 4) is 0 Å². The molecule has 1 fully saturated rings. The van der Waals surface area contributed by atoms with Gasteiger partial charge in [0.25, 0.3) is 0 Å². The van der Waals surface area contributed by atoms with Crippen molar-refractivity contribution < 1.29 is 23.5 Å². The van der Waals surface area contributed by atoms with Gasteiger partial charge >= 0.3 is 5.97 Å². The summed E-state index contributed by atoms with van der Waals surface area (Å²) >= 11 is 0. The fourth-order valence-electron chi connectivity index (χ4n) is 2.93. The van der Waals surface area contributed by atoms with Gasteiger partial charge in [0.1, 0.15) is 17.7 Å². The number of amides is 1. The minimum Gasteiger partial charge on any atom is -0.480 e. The van der Waals surface area contributed by atoms with Crippen LogP contribution in [0, 0.1) is 17.6 Å². The fraction of sp³-hybridized carbons (Fsp3) is 0.444. The molecule has 1 aromatic carbocycles. The van der Waals surface area contributed by atoms with Crippen molar-refractivity contribution in [3.63, 3.8) is 0 Å². The Balaban J connectivity index is 1.96. The summed E-state index contributed by atoms with van der Waals surface area (Å²) in [6, 6.07) is 1.59. The van der Waals surface area contributed by atoms with Gasteiger partial charge in [-0.2, -0.15) is 0 Å². The van der Waals surface area contributed by atoms with Gasteiger partial charge < -0.3 is 10.4 Å². The minimum atomic E-state index is -1.25. The number of benzene rings is 1. The summed E-state index contributed by atoms with van der Waals surface area (Å²) in [6.07, 6.45) is 8.55. The number of halogens is 2. The molecule has 1 aliphatic carbocycles. The first-order valence-electron chi connectivity index (χ1n) is 8.10. The number of allylic oxidation sites excluding steroid dienone is 1. The predicted molar refractivity (Wildman–Crippen MR) is 85.3 cm³/mol. The normalized spacial score (nSPS) is 16.9. The fourth-order valence-corrected chi connectivity index (χ4v) is 2.93. The Morgan fingerprint density at radius 3 is 2.38 bits per heavy atom. The van der Waals surface area contributed by atoms with Gasteiger partial charge in [0.2, 0.25) is 5.91 Å². The number of carbonyl (C=O) groups excluding carboxylic acids is 1. The summed E-state index contributed by atoms with van der Waals surface area (Å²) in [7, 11) is 0. The third-order valence-electron chi connectivity index (χ3n) is 4.15. The Labute approximate surface area is 139 Å². The zero-order chi connectivity index (χ0) is 17.5. The summed E-state index contributed by atoms with van der Waals surface area (Å²) in [5.41, 5.74) is 0.177. The molecule has 1 amide bonds. The van der Waals surface area contributed by atoms with Crippen molar-refractivity contribution in [2.75, 3.05) is 0 Å². The van der Waals surface area contributed by atoms with Gasteiger partial charge in [-0.1, -0.05) is 25.3 Å². The van der Waals surface area contributed by atoms with Crippen molar-refractivity contribution in [1.29, 1.82) is 0 Å². The Bertz CT molecular complexity index is 604. The molecule has 4 nitrogen and oxygen atoms in total. The first-order chi connectivity index (χ1) is 11.4. The minimum absolute atomic E-state index is 0.177. The van der Waals surface area contributed by atoms with Gasteiger partial charge in [-0.3, -0.25) is 4.79 Å². The van der Waals surface area contributed by atoms with E-state index in [1.807, 2.05) is 6.08 Å². The van der Waals surface area contributed by atoms with Crippen LogP contribution in [0.2, 0.25) is 0 Å². The number of nitrogens with one attached hydrogen (secondary N) is 1. The Kier molecular flexibility index (Phi) is 6.46. The first kappa shape index (κ1) is 18.1. The molecule has 6 heteroatoms. The van der Waals surface area contributed by atoms with Crippen molar-refractivity contribution >= 4 is 11.9 Å². The first-order valence-corrected chi connectivity index (χ1v) is 8.10. The monoisotopic (exact) mass is 337 g/mol. The standard InChI is InChI=1S/C18H21F2NO3/c19-14-8-13(9-15(20)11-14)10-16(18(23)24)21-17(22)7-6-12-4-2-1-3-5-12/h6-9,11-12,16H,1-5,10H2,(H,21,22)(H,23,24)/b7-6+. The summed E-state index contributed by atoms with van der Waals surface area (Å²) in [6.45, 7) is 0. The van der Waals surface area contributed by atoms with E-state index in [2.05, 4.69) is 5.32 Å². The van der Waals surface area contributed by atoms with E-state index >= 15 is 0 Å². The molecule has 0 aliphatic heterocycles. The second-order valence-corrected chi connectivity index (χ2v) is 6.14. The summed E-state index contributed by atoms with van der Waals surface area (Å²) < 4.78 is 26.4.